The Bertz CT molecular complexity index is 959. The van der Waals surface area contributed by atoms with Crippen molar-refractivity contribution in [1.29, 1.82) is 0 Å². The van der Waals surface area contributed by atoms with E-state index in [9.17, 15) is 19.1 Å². The van der Waals surface area contributed by atoms with Crippen LogP contribution in [0.25, 0.3) is 5.76 Å². The van der Waals surface area contributed by atoms with Gasteiger partial charge in [-0.2, -0.15) is 0 Å². The number of aliphatic hydroxyl groups is 1. The summed E-state index contributed by atoms with van der Waals surface area (Å²) in [6, 6.07) is 11.6. The lowest BCUT2D eigenvalue weighted by atomic mass is 9.94. The predicted octanol–water partition coefficient (Wildman–Crippen LogP) is 4.20. The van der Waals surface area contributed by atoms with E-state index in [2.05, 4.69) is 0 Å². The average molecular weight is 395 g/mol. The summed E-state index contributed by atoms with van der Waals surface area (Å²) >= 11 is 0. The molecule has 2 aliphatic rings. The quantitative estimate of drug-likeness (QED) is 0.479. The van der Waals surface area contributed by atoms with Gasteiger partial charge in [0.2, 0.25) is 0 Å². The first-order valence-electron chi connectivity index (χ1n) is 9.71. The third-order valence-corrected chi connectivity index (χ3v) is 5.75. The van der Waals surface area contributed by atoms with Gasteiger partial charge in [-0.3, -0.25) is 9.59 Å². The van der Waals surface area contributed by atoms with Crippen LogP contribution in [0.4, 0.5) is 4.39 Å². The summed E-state index contributed by atoms with van der Waals surface area (Å²) in [5.41, 5.74) is 1.06. The number of benzene rings is 2. The standard InChI is InChI=1S/C23H22FNO4/c1-29-18-12-8-15(9-13-18)21(26)19-20(14-6-10-16(24)11-7-14)25(23(28)22(19)27)17-4-2-3-5-17/h6-13,17,20,26H,2-5H2,1H3/t20-/m0/s1. The van der Waals surface area contributed by atoms with Crippen LogP contribution in [0.1, 0.15) is 42.9 Å². The first-order valence-corrected chi connectivity index (χ1v) is 9.71. The van der Waals surface area contributed by atoms with Crippen molar-refractivity contribution in [3.8, 4) is 5.75 Å². The normalized spacial score (nSPS) is 21.7. The number of rotatable bonds is 4. The van der Waals surface area contributed by atoms with Crippen molar-refractivity contribution in [2.24, 2.45) is 0 Å². The zero-order chi connectivity index (χ0) is 20.5. The monoisotopic (exact) mass is 395 g/mol. The Hall–Kier alpha value is -3.15. The van der Waals surface area contributed by atoms with Crippen molar-refractivity contribution in [3.05, 3.63) is 71.0 Å². The van der Waals surface area contributed by atoms with Crippen molar-refractivity contribution in [3.63, 3.8) is 0 Å². The Kier molecular flexibility index (Phi) is 5.09. The Morgan fingerprint density at radius 3 is 2.24 bits per heavy atom. The zero-order valence-electron chi connectivity index (χ0n) is 16.1. The van der Waals surface area contributed by atoms with Crippen molar-refractivity contribution in [2.45, 2.75) is 37.8 Å². The van der Waals surface area contributed by atoms with Crippen LogP contribution in [-0.2, 0) is 9.59 Å². The fourth-order valence-corrected chi connectivity index (χ4v) is 4.29. The van der Waals surface area contributed by atoms with Crippen LogP contribution < -0.4 is 4.74 Å². The molecule has 2 aromatic carbocycles. The van der Waals surface area contributed by atoms with Gasteiger partial charge in [0.25, 0.3) is 11.7 Å². The lowest BCUT2D eigenvalue weighted by molar-refractivity contribution is -0.141. The number of aliphatic hydroxyl groups excluding tert-OH is 1. The maximum atomic E-state index is 13.5. The highest BCUT2D eigenvalue weighted by Crippen LogP contribution is 2.43. The van der Waals surface area contributed by atoms with E-state index in [1.807, 2.05) is 0 Å². The fraction of sp³-hybridized carbons (Fsp3) is 0.304. The van der Waals surface area contributed by atoms with E-state index in [1.165, 1.54) is 19.2 Å². The van der Waals surface area contributed by atoms with E-state index in [4.69, 9.17) is 4.74 Å². The molecule has 0 bridgehead atoms. The molecule has 1 aliphatic carbocycles. The molecule has 1 aliphatic heterocycles. The van der Waals surface area contributed by atoms with Crippen molar-refractivity contribution in [2.75, 3.05) is 7.11 Å². The number of hydrogen-bond donors (Lipinski definition) is 1. The molecule has 0 unspecified atom stereocenters. The van der Waals surface area contributed by atoms with Gasteiger partial charge in [0.15, 0.2) is 0 Å². The molecule has 1 heterocycles. The highest BCUT2D eigenvalue weighted by atomic mass is 19.1. The molecule has 29 heavy (non-hydrogen) atoms. The summed E-state index contributed by atoms with van der Waals surface area (Å²) in [7, 11) is 1.54. The smallest absolute Gasteiger partial charge is 0.295 e. The highest BCUT2D eigenvalue weighted by molar-refractivity contribution is 6.46. The Balaban J connectivity index is 1.85. The molecule has 5 nitrogen and oxygen atoms in total. The number of carbonyl (C=O) groups excluding carboxylic acids is 2. The summed E-state index contributed by atoms with van der Waals surface area (Å²) in [5, 5.41) is 11.0. The SMILES string of the molecule is COc1ccc(C(O)=C2C(=O)C(=O)N(C3CCCC3)[C@H]2c2ccc(F)cc2)cc1. The number of Topliss-reactive ketones (excluding diaryl/α,β-unsaturated/α-hetero) is 1. The molecule has 2 aromatic rings. The topological polar surface area (TPSA) is 66.8 Å². The third kappa shape index (κ3) is 3.39. The van der Waals surface area contributed by atoms with Crippen LogP contribution in [0.15, 0.2) is 54.1 Å². The van der Waals surface area contributed by atoms with E-state index in [0.717, 1.165) is 25.7 Å². The minimum atomic E-state index is -0.735. The second-order valence-electron chi connectivity index (χ2n) is 7.42. The molecule has 0 radical (unpaired) electrons. The van der Waals surface area contributed by atoms with Crippen LogP contribution in [-0.4, -0.2) is 34.8 Å². The lowest BCUT2D eigenvalue weighted by Crippen LogP contribution is -2.37. The molecular weight excluding hydrogens is 373 g/mol. The summed E-state index contributed by atoms with van der Waals surface area (Å²) in [6.45, 7) is 0. The molecule has 6 heteroatoms. The van der Waals surface area contributed by atoms with Gasteiger partial charge >= 0.3 is 0 Å². The minimum Gasteiger partial charge on any atom is -0.507 e. The molecule has 1 amide bonds. The van der Waals surface area contributed by atoms with E-state index in [1.54, 1.807) is 41.3 Å². The number of methoxy groups -OCH3 is 1. The predicted molar refractivity (Wildman–Crippen MR) is 106 cm³/mol. The average Bonchev–Trinajstić information content (AvgIpc) is 3.35. The second-order valence-corrected chi connectivity index (χ2v) is 7.42. The molecular formula is C23H22FNO4. The number of carbonyl (C=O) groups is 2. The van der Waals surface area contributed by atoms with Crippen LogP contribution in [0.3, 0.4) is 0 Å². The number of hydrogen-bond acceptors (Lipinski definition) is 4. The van der Waals surface area contributed by atoms with Crippen LogP contribution in [0.5, 0.6) is 5.75 Å². The Morgan fingerprint density at radius 1 is 1.03 bits per heavy atom. The number of ether oxygens (including phenoxy) is 1. The van der Waals surface area contributed by atoms with Crippen molar-refractivity contribution >= 4 is 17.4 Å². The number of halogens is 1. The van der Waals surface area contributed by atoms with Gasteiger partial charge in [0.05, 0.1) is 18.7 Å². The maximum Gasteiger partial charge on any atom is 0.295 e. The van der Waals surface area contributed by atoms with Gasteiger partial charge in [-0.1, -0.05) is 25.0 Å². The van der Waals surface area contributed by atoms with Gasteiger partial charge in [0.1, 0.15) is 17.3 Å². The van der Waals surface area contributed by atoms with Crippen molar-refractivity contribution < 1.29 is 23.8 Å². The molecule has 0 spiro atoms. The molecule has 1 atom stereocenters. The third-order valence-electron chi connectivity index (χ3n) is 5.75. The first-order chi connectivity index (χ1) is 14.0. The summed E-state index contributed by atoms with van der Waals surface area (Å²) in [4.78, 5) is 27.5. The van der Waals surface area contributed by atoms with Crippen molar-refractivity contribution in [1.82, 2.24) is 4.90 Å². The molecule has 1 N–H and O–H groups in total. The first kappa shape index (κ1) is 19.2. The Labute approximate surface area is 168 Å². The minimum absolute atomic E-state index is 0.0404. The number of ketones is 1. The number of nitrogens with zero attached hydrogens (tertiary/aromatic N) is 1. The van der Waals surface area contributed by atoms with Crippen LogP contribution >= 0.6 is 0 Å². The van der Waals surface area contributed by atoms with Gasteiger partial charge in [0, 0.05) is 11.6 Å². The lowest BCUT2D eigenvalue weighted by Gasteiger charge is -2.30. The molecule has 1 saturated carbocycles. The van der Waals surface area contributed by atoms with Gasteiger partial charge in [-0.15, -0.1) is 0 Å². The second kappa shape index (κ2) is 7.70. The highest BCUT2D eigenvalue weighted by Gasteiger charge is 2.49. The van der Waals surface area contributed by atoms with E-state index < -0.39 is 23.5 Å². The Morgan fingerprint density at radius 2 is 1.66 bits per heavy atom. The fourth-order valence-electron chi connectivity index (χ4n) is 4.29. The van der Waals surface area contributed by atoms with Crippen LogP contribution in [0, 0.1) is 5.82 Å². The van der Waals surface area contributed by atoms with Gasteiger partial charge < -0.3 is 14.7 Å². The van der Waals surface area contributed by atoms with Gasteiger partial charge in [-0.25, -0.2) is 4.39 Å². The molecule has 1 saturated heterocycles. The van der Waals surface area contributed by atoms with E-state index in [0.29, 0.717) is 16.9 Å². The van der Waals surface area contributed by atoms with Crippen LogP contribution in [0.2, 0.25) is 0 Å². The number of likely N-dealkylation sites (tertiary alicyclic amines) is 1. The number of amides is 1. The van der Waals surface area contributed by atoms with E-state index in [-0.39, 0.29) is 17.4 Å². The zero-order valence-corrected chi connectivity index (χ0v) is 16.1. The molecule has 0 aromatic heterocycles. The maximum absolute atomic E-state index is 13.5. The molecule has 150 valence electrons. The van der Waals surface area contributed by atoms with Gasteiger partial charge in [-0.05, 0) is 54.8 Å². The summed E-state index contributed by atoms with van der Waals surface area (Å²) < 4.78 is 18.6. The largest absolute Gasteiger partial charge is 0.507 e. The summed E-state index contributed by atoms with van der Waals surface area (Å²) in [5.74, 6) is -1.34. The molecule has 4 rings (SSSR count). The molecule has 2 fully saturated rings. The van der Waals surface area contributed by atoms with E-state index >= 15 is 0 Å². The summed E-state index contributed by atoms with van der Waals surface area (Å²) in [6.07, 6.45) is 3.60.